The third-order valence-corrected chi connectivity index (χ3v) is 5.99. The van der Waals surface area contributed by atoms with Crippen LogP contribution in [0.3, 0.4) is 0 Å². The molecule has 3 heteroatoms. The van der Waals surface area contributed by atoms with Crippen LogP contribution in [-0.4, -0.2) is 11.8 Å². The number of nitrogens with zero attached hydrogens (tertiary/aromatic N) is 1. The van der Waals surface area contributed by atoms with Crippen LogP contribution in [0.5, 0.6) is 0 Å². The van der Waals surface area contributed by atoms with E-state index < -0.39 is 0 Å². The SMILES string of the molecule is O=C1[C@@H]2[C@H](C(=O)N1c1ccc3ccccc3c1)[C@@H]1C=C[C@H]2CCC1. The summed E-state index contributed by atoms with van der Waals surface area (Å²) in [5.41, 5.74) is 0.719. The molecular weight excluding hydrogens is 298 g/mol. The highest BCUT2D eigenvalue weighted by Gasteiger charge is 2.55. The van der Waals surface area contributed by atoms with E-state index in [1.807, 2.05) is 42.5 Å². The van der Waals surface area contributed by atoms with Crippen LogP contribution in [0.1, 0.15) is 19.3 Å². The molecule has 6 rings (SSSR count). The molecular formula is C21H19NO2. The summed E-state index contributed by atoms with van der Waals surface area (Å²) in [6.07, 6.45) is 7.55. The molecule has 2 bridgehead atoms. The molecule has 2 amide bonds. The second kappa shape index (κ2) is 5.04. The number of anilines is 1. The molecule has 120 valence electrons. The number of fused-ring (bicyclic) bond motifs is 3. The van der Waals surface area contributed by atoms with Gasteiger partial charge >= 0.3 is 0 Å². The number of rotatable bonds is 1. The lowest BCUT2D eigenvalue weighted by molar-refractivity contribution is -0.122. The van der Waals surface area contributed by atoms with Crippen molar-refractivity contribution in [1.29, 1.82) is 0 Å². The third kappa shape index (κ3) is 1.84. The molecule has 3 nitrogen and oxygen atoms in total. The lowest BCUT2D eigenvalue weighted by Gasteiger charge is -2.27. The highest BCUT2D eigenvalue weighted by Crippen LogP contribution is 2.48. The Kier molecular flexibility index (Phi) is 2.93. The molecule has 24 heavy (non-hydrogen) atoms. The molecule has 0 spiro atoms. The van der Waals surface area contributed by atoms with Crippen LogP contribution in [0.2, 0.25) is 0 Å². The molecule has 1 saturated carbocycles. The first-order valence-electron chi connectivity index (χ1n) is 8.79. The molecule has 1 saturated heterocycles. The minimum absolute atomic E-state index is 0.00142. The van der Waals surface area contributed by atoms with E-state index in [2.05, 4.69) is 12.2 Å². The summed E-state index contributed by atoms with van der Waals surface area (Å²) in [5, 5.41) is 2.18. The van der Waals surface area contributed by atoms with E-state index in [1.54, 1.807) is 0 Å². The average Bonchev–Trinajstić information content (AvgIpc) is 2.82. The first-order valence-corrected chi connectivity index (χ1v) is 8.79. The fourth-order valence-corrected chi connectivity index (χ4v) is 4.85. The minimum atomic E-state index is -0.151. The van der Waals surface area contributed by atoms with Gasteiger partial charge < -0.3 is 0 Å². The van der Waals surface area contributed by atoms with Gasteiger partial charge in [0.1, 0.15) is 0 Å². The zero-order valence-electron chi connectivity index (χ0n) is 13.4. The summed E-state index contributed by atoms with van der Waals surface area (Å²) < 4.78 is 0. The van der Waals surface area contributed by atoms with E-state index in [0.717, 1.165) is 35.7 Å². The molecule has 1 aliphatic heterocycles. The molecule has 3 aliphatic carbocycles. The molecule has 1 heterocycles. The fourth-order valence-electron chi connectivity index (χ4n) is 4.85. The average molecular weight is 317 g/mol. The number of carbonyl (C=O) groups is 2. The molecule has 2 fully saturated rings. The van der Waals surface area contributed by atoms with Crippen molar-refractivity contribution in [2.45, 2.75) is 19.3 Å². The lowest BCUT2D eigenvalue weighted by atomic mass is 9.73. The van der Waals surface area contributed by atoms with Crippen molar-refractivity contribution in [2.24, 2.45) is 23.7 Å². The van der Waals surface area contributed by atoms with Crippen LogP contribution in [0.25, 0.3) is 10.8 Å². The van der Waals surface area contributed by atoms with E-state index in [0.29, 0.717) is 0 Å². The Hall–Kier alpha value is -2.42. The number of imide groups is 1. The summed E-state index contributed by atoms with van der Waals surface area (Å²) in [6, 6.07) is 13.9. The van der Waals surface area contributed by atoms with Gasteiger partial charge in [-0.3, -0.25) is 9.59 Å². The molecule has 2 aromatic rings. The van der Waals surface area contributed by atoms with E-state index >= 15 is 0 Å². The number of hydrogen-bond donors (Lipinski definition) is 0. The van der Waals surface area contributed by atoms with Crippen molar-refractivity contribution in [3.05, 3.63) is 54.6 Å². The number of benzene rings is 2. The van der Waals surface area contributed by atoms with Crippen molar-refractivity contribution in [3.8, 4) is 0 Å². The Morgan fingerprint density at radius 1 is 0.792 bits per heavy atom. The zero-order chi connectivity index (χ0) is 16.3. The highest BCUT2D eigenvalue weighted by atomic mass is 16.2. The van der Waals surface area contributed by atoms with Crippen molar-refractivity contribution < 1.29 is 9.59 Å². The Labute approximate surface area is 141 Å². The van der Waals surface area contributed by atoms with Crippen molar-refractivity contribution in [3.63, 3.8) is 0 Å². The number of allylic oxidation sites excluding steroid dienone is 2. The molecule has 4 atom stereocenters. The topological polar surface area (TPSA) is 37.4 Å². The van der Waals surface area contributed by atoms with Gasteiger partial charge in [0.15, 0.2) is 0 Å². The smallest absolute Gasteiger partial charge is 0.238 e. The van der Waals surface area contributed by atoms with Gasteiger partial charge in [0.25, 0.3) is 0 Å². The maximum atomic E-state index is 13.1. The predicted molar refractivity (Wildman–Crippen MR) is 93.4 cm³/mol. The normalized spacial score (nSPS) is 31.6. The molecule has 0 N–H and O–H groups in total. The quantitative estimate of drug-likeness (QED) is 0.590. The van der Waals surface area contributed by atoms with Gasteiger partial charge in [-0.2, -0.15) is 0 Å². The first kappa shape index (κ1) is 14.0. The second-order valence-corrected chi connectivity index (χ2v) is 7.24. The maximum Gasteiger partial charge on any atom is 0.238 e. The van der Waals surface area contributed by atoms with E-state index in [4.69, 9.17) is 0 Å². The Morgan fingerprint density at radius 2 is 1.42 bits per heavy atom. The summed E-state index contributed by atoms with van der Waals surface area (Å²) >= 11 is 0. The van der Waals surface area contributed by atoms with Gasteiger partial charge in [-0.15, -0.1) is 0 Å². The largest absolute Gasteiger partial charge is 0.274 e. The van der Waals surface area contributed by atoms with Crippen LogP contribution in [-0.2, 0) is 9.59 Å². The van der Waals surface area contributed by atoms with Gasteiger partial charge in [-0.1, -0.05) is 48.9 Å². The Balaban J connectivity index is 1.59. The minimum Gasteiger partial charge on any atom is -0.274 e. The lowest BCUT2D eigenvalue weighted by Crippen LogP contribution is -2.32. The van der Waals surface area contributed by atoms with E-state index in [1.165, 1.54) is 4.90 Å². The molecule has 0 aromatic heterocycles. The van der Waals surface area contributed by atoms with Crippen molar-refractivity contribution in [1.82, 2.24) is 0 Å². The van der Waals surface area contributed by atoms with Gasteiger partial charge in [0.05, 0.1) is 17.5 Å². The summed E-state index contributed by atoms with van der Waals surface area (Å²) in [4.78, 5) is 27.7. The van der Waals surface area contributed by atoms with Crippen molar-refractivity contribution in [2.75, 3.05) is 4.90 Å². The Morgan fingerprint density at radius 3 is 2.08 bits per heavy atom. The van der Waals surface area contributed by atoms with E-state index in [9.17, 15) is 9.59 Å². The maximum absolute atomic E-state index is 13.1. The predicted octanol–water partition coefficient (Wildman–Crippen LogP) is 3.93. The van der Waals surface area contributed by atoms with Gasteiger partial charge in [-0.25, -0.2) is 4.90 Å². The summed E-state index contributed by atoms with van der Waals surface area (Å²) in [7, 11) is 0. The van der Waals surface area contributed by atoms with Gasteiger partial charge in [0.2, 0.25) is 11.8 Å². The van der Waals surface area contributed by atoms with E-state index in [-0.39, 0.29) is 35.5 Å². The highest BCUT2D eigenvalue weighted by molar-refractivity contribution is 6.23. The van der Waals surface area contributed by atoms with Crippen LogP contribution in [0, 0.1) is 23.7 Å². The zero-order valence-corrected chi connectivity index (χ0v) is 13.4. The van der Waals surface area contributed by atoms with Crippen LogP contribution in [0.4, 0.5) is 5.69 Å². The number of carbonyl (C=O) groups excluding carboxylic acids is 2. The first-order chi connectivity index (χ1) is 11.7. The molecule has 0 unspecified atom stereocenters. The molecule has 0 radical (unpaired) electrons. The van der Waals surface area contributed by atoms with Gasteiger partial charge in [0, 0.05) is 0 Å². The van der Waals surface area contributed by atoms with Crippen LogP contribution >= 0.6 is 0 Å². The molecule has 4 aliphatic rings. The number of amides is 2. The third-order valence-electron chi connectivity index (χ3n) is 5.99. The van der Waals surface area contributed by atoms with Crippen LogP contribution < -0.4 is 4.90 Å². The van der Waals surface area contributed by atoms with Crippen LogP contribution in [0.15, 0.2) is 54.6 Å². The van der Waals surface area contributed by atoms with Gasteiger partial charge in [-0.05, 0) is 47.6 Å². The Bertz CT molecular complexity index is 852. The fraction of sp³-hybridized carbons (Fsp3) is 0.333. The monoisotopic (exact) mass is 317 g/mol. The molecule has 2 aromatic carbocycles. The summed E-state index contributed by atoms with van der Waals surface area (Å²) in [5.74, 6) is 0.164. The van der Waals surface area contributed by atoms with Crippen molar-refractivity contribution >= 4 is 28.3 Å². The summed E-state index contributed by atoms with van der Waals surface area (Å²) in [6.45, 7) is 0. The second-order valence-electron chi connectivity index (χ2n) is 7.24. The standard InChI is InChI=1S/C21H19NO2/c23-20-18-14-6-3-7-15(9-8-14)19(18)21(24)22(20)17-11-10-13-4-1-2-5-16(13)12-17/h1-2,4-5,8-12,14-15,18-19H,3,6-7H2/t14-,15+,18+,19-. The number of hydrogen-bond acceptors (Lipinski definition) is 2.